The molecule has 4 aliphatic rings. The number of alkyl halides is 2. The second kappa shape index (κ2) is 10.2. The van der Waals surface area contributed by atoms with Crippen LogP contribution in [0, 0.1) is 11.7 Å². The molecule has 4 N–H and O–H groups in total. The van der Waals surface area contributed by atoms with Crippen molar-refractivity contribution in [2.45, 2.75) is 56.0 Å². The molecule has 4 aromatic rings. The Morgan fingerprint density at radius 1 is 1.17 bits per heavy atom. The second-order valence-electron chi connectivity index (χ2n) is 13.0. The number of nitrogens with two attached hydrogens (primary N) is 1. The Bertz CT molecular complexity index is 2050. The van der Waals surface area contributed by atoms with Crippen molar-refractivity contribution in [3.63, 3.8) is 0 Å². The van der Waals surface area contributed by atoms with Gasteiger partial charge in [0, 0.05) is 22.7 Å². The summed E-state index contributed by atoms with van der Waals surface area (Å²) in [5.74, 6) is -3.21. The Morgan fingerprint density at radius 2 is 1.92 bits per heavy atom. The number of halogens is 3. The van der Waals surface area contributed by atoms with Crippen LogP contribution in [0.1, 0.15) is 60.3 Å². The molecule has 2 aliphatic heterocycles. The molecule has 8 rings (SSSR count). The van der Waals surface area contributed by atoms with Gasteiger partial charge in [-0.05, 0) is 68.9 Å². The summed E-state index contributed by atoms with van der Waals surface area (Å²) >= 11 is 0. The van der Waals surface area contributed by atoms with Crippen LogP contribution in [0.4, 0.5) is 13.2 Å². The van der Waals surface area contributed by atoms with Gasteiger partial charge in [-0.3, -0.25) is 14.3 Å². The Kier molecular flexibility index (Phi) is 6.45. The van der Waals surface area contributed by atoms with E-state index in [0.29, 0.717) is 35.5 Å². The Hall–Kier alpha value is -5.05. The summed E-state index contributed by atoms with van der Waals surface area (Å²) in [6.07, 6.45) is 1.02. The minimum absolute atomic E-state index is 0.0405. The number of primary amides is 1. The summed E-state index contributed by atoms with van der Waals surface area (Å²) in [5.41, 5.74) is 2.32. The molecule has 2 atom stereocenters. The number of nitrogens with zero attached hydrogens (tertiary/aromatic N) is 3. The zero-order valence-corrected chi connectivity index (χ0v) is 25.8. The van der Waals surface area contributed by atoms with E-state index in [2.05, 4.69) is 24.9 Å². The lowest BCUT2D eigenvalue weighted by Crippen LogP contribution is -2.45. The Balaban J connectivity index is 1.19. The average Bonchev–Trinajstić information content (AvgIpc) is 3.98. The summed E-state index contributed by atoms with van der Waals surface area (Å²) in [4.78, 5) is 30.7. The molecule has 2 fully saturated rings. The van der Waals surface area contributed by atoms with Gasteiger partial charge in [-0.25, -0.2) is 9.37 Å². The Labute approximate surface area is 270 Å². The van der Waals surface area contributed by atoms with Crippen LogP contribution in [0.3, 0.4) is 0 Å². The molecule has 250 valence electrons. The van der Waals surface area contributed by atoms with Crippen molar-refractivity contribution in [1.29, 1.82) is 0 Å². The fourth-order valence-corrected chi connectivity index (χ4v) is 6.48. The maximum absolute atomic E-state index is 16.7. The molecule has 2 saturated carbocycles. The van der Waals surface area contributed by atoms with Crippen molar-refractivity contribution >= 4 is 22.7 Å². The number of methoxy groups -OCH3 is 1. The van der Waals surface area contributed by atoms with Crippen LogP contribution in [0.2, 0.25) is 0 Å². The molecule has 0 radical (unpaired) electrons. The molecule has 4 heterocycles. The van der Waals surface area contributed by atoms with Gasteiger partial charge in [0.2, 0.25) is 5.91 Å². The van der Waals surface area contributed by atoms with Gasteiger partial charge in [0.05, 0.1) is 25.3 Å². The van der Waals surface area contributed by atoms with E-state index in [1.54, 1.807) is 12.1 Å². The molecule has 0 saturated heterocycles. The predicted octanol–water partition coefficient (Wildman–Crippen LogP) is 4.07. The number of hydrogen-bond acceptors (Lipinski definition) is 9. The number of nitrogens with one attached hydrogen (secondary N) is 1. The van der Waals surface area contributed by atoms with E-state index in [0.717, 1.165) is 12.8 Å². The minimum atomic E-state index is -3.89. The zero-order chi connectivity index (χ0) is 33.7. The number of rotatable bonds is 9. The first kappa shape index (κ1) is 30.3. The van der Waals surface area contributed by atoms with E-state index in [1.807, 2.05) is 10.9 Å². The van der Waals surface area contributed by atoms with Crippen LogP contribution in [0.15, 0.2) is 36.5 Å². The molecule has 15 heteroatoms. The van der Waals surface area contributed by atoms with Crippen LogP contribution in [0.5, 0.6) is 23.0 Å². The van der Waals surface area contributed by atoms with Crippen molar-refractivity contribution in [2.75, 3.05) is 20.3 Å². The topological polar surface area (TPSA) is 160 Å². The highest BCUT2D eigenvalue weighted by atomic mass is 19.3. The second-order valence-corrected chi connectivity index (χ2v) is 13.0. The van der Waals surface area contributed by atoms with Crippen LogP contribution in [-0.4, -0.2) is 58.2 Å². The van der Waals surface area contributed by atoms with Crippen molar-refractivity contribution in [3.8, 4) is 34.3 Å². The maximum Gasteiger partial charge on any atom is 0.586 e. The summed E-state index contributed by atoms with van der Waals surface area (Å²) in [7, 11) is 1.48. The molecule has 48 heavy (non-hydrogen) atoms. The van der Waals surface area contributed by atoms with Crippen molar-refractivity contribution in [1.82, 2.24) is 20.1 Å². The molecule has 2 aromatic heterocycles. The third kappa shape index (κ3) is 4.70. The fraction of sp³-hybridized carbons (Fsp3) is 0.394. The number of aliphatic hydroxyl groups is 1. The number of benzene rings is 2. The third-order valence-corrected chi connectivity index (χ3v) is 9.54. The monoisotopic (exact) mass is 665 g/mol. The lowest BCUT2D eigenvalue weighted by Gasteiger charge is -2.30. The smallest absolute Gasteiger partial charge is 0.494 e. The summed E-state index contributed by atoms with van der Waals surface area (Å²) in [6, 6.07) is 7.37. The summed E-state index contributed by atoms with van der Waals surface area (Å²) in [6.45, 7) is 0.641. The normalized spacial score (nSPS) is 21.8. The molecule has 12 nitrogen and oxygen atoms in total. The van der Waals surface area contributed by atoms with Gasteiger partial charge in [-0.1, -0.05) is 0 Å². The zero-order valence-electron chi connectivity index (χ0n) is 25.8. The highest BCUT2D eigenvalue weighted by molar-refractivity contribution is 6.00. The number of ether oxygens (including phenoxy) is 4. The van der Waals surface area contributed by atoms with E-state index in [1.165, 1.54) is 32.2 Å². The van der Waals surface area contributed by atoms with Gasteiger partial charge in [-0.2, -0.15) is 5.10 Å². The number of hydrogen-bond donors (Lipinski definition) is 3. The first-order valence-corrected chi connectivity index (χ1v) is 15.5. The van der Waals surface area contributed by atoms with Gasteiger partial charge in [0.15, 0.2) is 23.1 Å². The van der Waals surface area contributed by atoms with Crippen molar-refractivity contribution < 1.29 is 46.8 Å². The number of fused-ring (bicyclic) bond motifs is 3. The minimum Gasteiger partial charge on any atom is -0.494 e. The van der Waals surface area contributed by atoms with Crippen molar-refractivity contribution in [2.24, 2.45) is 11.7 Å². The van der Waals surface area contributed by atoms with Crippen LogP contribution in [-0.2, 0) is 15.8 Å². The number of aromatic nitrogens is 3. The molecular weight excluding hydrogens is 635 g/mol. The highest BCUT2D eigenvalue weighted by Crippen LogP contribution is 2.52. The van der Waals surface area contributed by atoms with E-state index in [9.17, 15) is 23.5 Å². The van der Waals surface area contributed by atoms with E-state index in [4.69, 9.17) is 15.2 Å². The predicted molar refractivity (Wildman–Crippen MR) is 161 cm³/mol. The maximum atomic E-state index is 16.7. The lowest BCUT2D eigenvalue weighted by molar-refractivity contribution is -0.286. The van der Waals surface area contributed by atoms with E-state index >= 15 is 4.39 Å². The third-order valence-electron chi connectivity index (χ3n) is 9.54. The molecule has 0 unspecified atom stereocenters. The van der Waals surface area contributed by atoms with Crippen LogP contribution >= 0.6 is 0 Å². The molecule has 2 aromatic carbocycles. The average molecular weight is 666 g/mol. The first-order chi connectivity index (χ1) is 22.8. The van der Waals surface area contributed by atoms with Gasteiger partial charge in [0.1, 0.15) is 40.3 Å². The van der Waals surface area contributed by atoms with Gasteiger partial charge in [0.25, 0.3) is 5.91 Å². The lowest BCUT2D eigenvalue weighted by atomic mass is 9.80. The van der Waals surface area contributed by atoms with Crippen molar-refractivity contribution in [3.05, 3.63) is 59.2 Å². The standard InChI is InChI=1S/C33H30F3N5O7/c1-31(30(37)43)14-46-27-23(31)24(34)28(39-26(27)15-3-8-20-21(10-15)48-33(35,36)47-20)32(44,18-4-5-18)13-38-29(42)16-9-17-12-41(19-6-7-19)40-25(17)22(11-16)45-2/h3,8-12,18-19,44H,4-7,13-14H2,1-2H3,(H2,37,43)(H,38,42)/t31-,32+/m0/s1. The number of pyridine rings is 1. The number of carbonyl (C=O) groups excluding carboxylic acids is 2. The fourth-order valence-electron chi connectivity index (χ4n) is 6.48. The number of amides is 2. The molecule has 2 amide bonds. The summed E-state index contributed by atoms with van der Waals surface area (Å²) in [5, 5.41) is 20.3. The largest absolute Gasteiger partial charge is 0.586 e. The summed E-state index contributed by atoms with van der Waals surface area (Å²) < 4.78 is 66.6. The van der Waals surface area contributed by atoms with Gasteiger partial charge in [-0.15, -0.1) is 8.78 Å². The van der Waals surface area contributed by atoms with Crippen LogP contribution < -0.4 is 30.0 Å². The van der Waals surface area contributed by atoms with Gasteiger partial charge >= 0.3 is 6.29 Å². The Morgan fingerprint density at radius 3 is 2.60 bits per heavy atom. The number of carbonyl (C=O) groups is 2. The van der Waals surface area contributed by atoms with Crippen LogP contribution in [0.25, 0.3) is 22.2 Å². The van der Waals surface area contributed by atoms with E-state index in [-0.39, 0.29) is 46.2 Å². The molecule has 2 aliphatic carbocycles. The first-order valence-electron chi connectivity index (χ1n) is 15.5. The quantitative estimate of drug-likeness (QED) is 0.240. The SMILES string of the molecule is COc1cc(C(=O)NC[C@](O)(c2nc(-c3ccc4c(c3)OC(F)(F)O4)c3c(c2F)[C@@](C)(C(N)=O)CO3)C2CC2)cc2cn(C3CC3)nc12. The van der Waals surface area contributed by atoms with Gasteiger partial charge < -0.3 is 35.1 Å². The van der Waals surface area contributed by atoms with E-state index < -0.39 is 53.1 Å². The molecular formula is C33H30F3N5O7. The molecule has 0 spiro atoms. The highest BCUT2D eigenvalue weighted by Gasteiger charge is 2.53. The molecule has 0 bridgehead atoms.